The van der Waals surface area contributed by atoms with Crippen LogP contribution in [0.15, 0.2) is 24.3 Å². The largest absolute Gasteiger partial charge is 0.463 e. The van der Waals surface area contributed by atoms with Gasteiger partial charge in [0.05, 0.1) is 26.4 Å². The van der Waals surface area contributed by atoms with Crippen LogP contribution in [0, 0.1) is 23.7 Å². The summed E-state index contributed by atoms with van der Waals surface area (Å²) in [5.74, 6) is 3.29. The Labute approximate surface area is 325 Å². The number of ether oxygens (including phenoxy) is 8. The number of carbonyl (C=O) groups is 4. The highest BCUT2D eigenvalue weighted by Crippen LogP contribution is 2.58. The number of esters is 4. The molecular weight excluding hydrogens is 696 g/mol. The van der Waals surface area contributed by atoms with Crippen molar-refractivity contribution in [3.05, 3.63) is 24.3 Å². The van der Waals surface area contributed by atoms with Crippen LogP contribution in [0.25, 0.3) is 0 Å². The molecule has 3 fully saturated rings. The zero-order chi connectivity index (χ0) is 39.8. The molecule has 12 nitrogen and oxygen atoms in total. The van der Waals surface area contributed by atoms with E-state index >= 15 is 0 Å². The van der Waals surface area contributed by atoms with E-state index in [1.165, 1.54) is 23.7 Å². The van der Waals surface area contributed by atoms with Crippen LogP contribution in [0.4, 0.5) is 0 Å². The highest BCUT2D eigenvalue weighted by molar-refractivity contribution is 5.87. The lowest BCUT2D eigenvalue weighted by Crippen LogP contribution is -2.15. The average molecular weight is 769 g/mol. The van der Waals surface area contributed by atoms with Gasteiger partial charge in [0.25, 0.3) is 0 Å². The SMILES string of the molecule is C1CC2C3CCC(C3)C2C1.C=C(C)C(=O)OCCCC(=O)OCCOCCCCOCC.C=C(C)C(=O)OCCCC(=O)OCCOCCCCOCC. The van der Waals surface area contributed by atoms with Gasteiger partial charge in [-0.1, -0.05) is 19.6 Å². The molecule has 0 amide bonds. The molecule has 0 aliphatic heterocycles. The molecule has 3 aliphatic carbocycles. The minimum atomic E-state index is -0.439. The fraction of sp³-hybridized carbons (Fsp3) is 0.810. The van der Waals surface area contributed by atoms with Gasteiger partial charge in [-0.25, -0.2) is 9.59 Å². The standard InChI is InChI=1S/2C16H28O6.C10H16/c2*1-4-19-9-5-6-10-20-12-13-21-15(17)8-7-11-22-16(18)14(2)3;1-2-9-7-4-5-8(6-7)10(9)3-1/h2*2,4-13H2,1,3H3;7-10H,1-6H2. The normalized spacial score (nSPS) is 19.0. The molecule has 12 heteroatoms. The molecule has 3 aliphatic rings. The van der Waals surface area contributed by atoms with Crippen molar-refractivity contribution < 1.29 is 57.1 Å². The minimum absolute atomic E-state index is 0.192. The first-order chi connectivity index (χ1) is 26.1. The number of rotatable bonds is 28. The molecular formula is C42H72O12. The van der Waals surface area contributed by atoms with Gasteiger partial charge in [0, 0.05) is 63.6 Å². The summed E-state index contributed by atoms with van der Waals surface area (Å²) in [6, 6.07) is 0. The fourth-order valence-corrected chi connectivity index (χ4v) is 6.91. The van der Waals surface area contributed by atoms with Gasteiger partial charge in [0.2, 0.25) is 0 Å². The summed E-state index contributed by atoms with van der Waals surface area (Å²) in [4.78, 5) is 44.9. The molecule has 0 heterocycles. The quantitative estimate of drug-likeness (QED) is 0.0340. The molecule has 0 spiro atoms. The molecule has 3 saturated carbocycles. The van der Waals surface area contributed by atoms with Gasteiger partial charge >= 0.3 is 23.9 Å². The molecule has 0 aromatic rings. The maximum atomic E-state index is 11.4. The van der Waals surface area contributed by atoms with Crippen molar-refractivity contribution >= 4 is 23.9 Å². The lowest BCUT2D eigenvalue weighted by atomic mass is 9.82. The Bertz CT molecular complexity index is 980. The summed E-state index contributed by atoms with van der Waals surface area (Å²) in [6.07, 6.45) is 14.7. The molecule has 2 bridgehead atoms. The van der Waals surface area contributed by atoms with Gasteiger partial charge < -0.3 is 37.9 Å². The van der Waals surface area contributed by atoms with Crippen LogP contribution in [0.1, 0.15) is 118 Å². The zero-order valence-electron chi connectivity index (χ0n) is 34.0. The Kier molecular flexibility index (Phi) is 29.6. The van der Waals surface area contributed by atoms with Crippen molar-refractivity contribution in [2.75, 3.05) is 79.3 Å². The zero-order valence-corrected chi connectivity index (χ0v) is 34.0. The molecule has 4 atom stereocenters. The summed E-state index contributed by atoms with van der Waals surface area (Å²) < 4.78 is 40.8. The van der Waals surface area contributed by atoms with Crippen LogP contribution in [0.3, 0.4) is 0 Å². The second kappa shape index (κ2) is 32.4. The van der Waals surface area contributed by atoms with Gasteiger partial charge in [0.1, 0.15) is 13.2 Å². The predicted molar refractivity (Wildman–Crippen MR) is 207 cm³/mol. The van der Waals surface area contributed by atoms with Crippen molar-refractivity contribution in [2.45, 2.75) is 118 Å². The van der Waals surface area contributed by atoms with E-state index in [-0.39, 0.29) is 51.2 Å². The average Bonchev–Trinajstić information content (AvgIpc) is 3.91. The van der Waals surface area contributed by atoms with Crippen LogP contribution < -0.4 is 0 Å². The summed E-state index contributed by atoms with van der Waals surface area (Å²) in [5, 5.41) is 0. The molecule has 0 saturated heterocycles. The number of carbonyl (C=O) groups excluding carboxylic acids is 4. The third-order valence-corrected chi connectivity index (χ3v) is 9.61. The van der Waals surface area contributed by atoms with E-state index < -0.39 is 11.9 Å². The van der Waals surface area contributed by atoms with Gasteiger partial charge in [0.15, 0.2) is 0 Å². The summed E-state index contributed by atoms with van der Waals surface area (Å²) in [7, 11) is 0. The van der Waals surface area contributed by atoms with E-state index in [2.05, 4.69) is 13.2 Å². The second-order valence-electron chi connectivity index (χ2n) is 14.1. The van der Waals surface area contributed by atoms with Crippen LogP contribution in [-0.2, 0) is 57.1 Å². The van der Waals surface area contributed by atoms with E-state index in [1.54, 1.807) is 52.4 Å². The Hall–Kier alpha value is -2.80. The molecule has 0 aromatic heterocycles. The van der Waals surface area contributed by atoms with E-state index in [9.17, 15) is 19.2 Å². The Morgan fingerprint density at radius 2 is 0.870 bits per heavy atom. The molecule has 4 unspecified atom stereocenters. The first-order valence-electron chi connectivity index (χ1n) is 20.4. The fourth-order valence-electron chi connectivity index (χ4n) is 6.91. The number of hydrogen-bond acceptors (Lipinski definition) is 12. The number of hydrogen-bond donors (Lipinski definition) is 0. The van der Waals surface area contributed by atoms with Gasteiger partial charge in [-0.3, -0.25) is 9.59 Å². The van der Waals surface area contributed by atoms with Gasteiger partial charge in [-0.15, -0.1) is 0 Å². The molecule has 0 aromatic carbocycles. The lowest BCUT2D eigenvalue weighted by Gasteiger charge is -2.23. The Morgan fingerprint density at radius 3 is 1.24 bits per heavy atom. The van der Waals surface area contributed by atoms with Crippen molar-refractivity contribution in [1.82, 2.24) is 0 Å². The van der Waals surface area contributed by atoms with E-state index in [1.807, 2.05) is 13.8 Å². The Balaban J connectivity index is 0.000000428. The Morgan fingerprint density at radius 1 is 0.481 bits per heavy atom. The van der Waals surface area contributed by atoms with Crippen LogP contribution in [-0.4, -0.2) is 103 Å². The summed E-state index contributed by atoms with van der Waals surface area (Å²) in [6.45, 7) is 20.0. The third kappa shape index (κ3) is 24.6. The van der Waals surface area contributed by atoms with Crippen molar-refractivity contribution in [2.24, 2.45) is 23.7 Å². The third-order valence-electron chi connectivity index (χ3n) is 9.61. The first-order valence-corrected chi connectivity index (χ1v) is 20.4. The minimum Gasteiger partial charge on any atom is -0.463 e. The lowest BCUT2D eigenvalue weighted by molar-refractivity contribution is -0.147. The van der Waals surface area contributed by atoms with Crippen LogP contribution in [0.2, 0.25) is 0 Å². The number of unbranched alkanes of at least 4 members (excludes halogenated alkanes) is 2. The van der Waals surface area contributed by atoms with E-state index in [4.69, 9.17) is 37.9 Å². The van der Waals surface area contributed by atoms with E-state index in [0.29, 0.717) is 50.4 Å². The second-order valence-corrected chi connectivity index (χ2v) is 14.1. The van der Waals surface area contributed by atoms with Crippen molar-refractivity contribution in [3.63, 3.8) is 0 Å². The first kappa shape index (κ1) is 49.2. The maximum absolute atomic E-state index is 11.4. The van der Waals surface area contributed by atoms with Crippen LogP contribution >= 0.6 is 0 Å². The maximum Gasteiger partial charge on any atom is 0.333 e. The van der Waals surface area contributed by atoms with Crippen molar-refractivity contribution in [3.8, 4) is 0 Å². The van der Waals surface area contributed by atoms with Gasteiger partial charge in [-0.05, 0) is 122 Å². The molecule has 0 radical (unpaired) electrons. The smallest absolute Gasteiger partial charge is 0.333 e. The molecule has 3 rings (SSSR count). The summed E-state index contributed by atoms with van der Waals surface area (Å²) >= 11 is 0. The number of fused-ring (bicyclic) bond motifs is 5. The van der Waals surface area contributed by atoms with Crippen molar-refractivity contribution in [1.29, 1.82) is 0 Å². The molecule has 54 heavy (non-hydrogen) atoms. The summed E-state index contributed by atoms with van der Waals surface area (Å²) in [5.41, 5.74) is 0.696. The van der Waals surface area contributed by atoms with Gasteiger partial charge in [-0.2, -0.15) is 0 Å². The van der Waals surface area contributed by atoms with E-state index in [0.717, 1.165) is 52.1 Å². The molecule has 0 N–H and O–H groups in total. The monoisotopic (exact) mass is 769 g/mol. The highest BCUT2D eigenvalue weighted by atomic mass is 16.6. The van der Waals surface area contributed by atoms with Crippen LogP contribution in [0.5, 0.6) is 0 Å². The topological polar surface area (TPSA) is 142 Å². The highest BCUT2D eigenvalue weighted by Gasteiger charge is 2.48. The predicted octanol–water partition coefficient (Wildman–Crippen LogP) is 7.36. The molecule has 312 valence electrons.